The van der Waals surface area contributed by atoms with Crippen molar-refractivity contribution in [1.82, 2.24) is 20.4 Å². The first-order valence-corrected chi connectivity index (χ1v) is 10.8. The normalized spacial score (nSPS) is 15.3. The van der Waals surface area contributed by atoms with E-state index in [0.29, 0.717) is 11.3 Å². The predicted molar refractivity (Wildman–Crippen MR) is 119 cm³/mol. The van der Waals surface area contributed by atoms with E-state index in [2.05, 4.69) is 15.7 Å². The summed E-state index contributed by atoms with van der Waals surface area (Å²) in [6.07, 6.45) is 0. The number of halogens is 1. The maximum Gasteiger partial charge on any atom is 0.437 e. The number of ether oxygens (including phenoxy) is 2. The van der Waals surface area contributed by atoms with Crippen LogP contribution < -0.4 is 16.4 Å². The topological polar surface area (TPSA) is 155 Å². The average molecular weight is 500 g/mol. The first-order valence-electron chi connectivity index (χ1n) is 10.8. The molecule has 3 aromatic rings. The number of carbonyl (C=O) groups excluding carboxylic acids is 3. The summed E-state index contributed by atoms with van der Waals surface area (Å²) < 4.78 is 34.7. The fourth-order valence-corrected chi connectivity index (χ4v) is 3.44. The minimum atomic E-state index is -0.975. The first kappa shape index (κ1) is 24.4. The van der Waals surface area contributed by atoms with Gasteiger partial charge >= 0.3 is 23.7 Å². The van der Waals surface area contributed by atoms with Crippen molar-refractivity contribution in [3.05, 3.63) is 75.6 Å². The van der Waals surface area contributed by atoms with Crippen LogP contribution in [0.5, 0.6) is 0 Å². The number of aryl methyl sites for hydroxylation is 1. The van der Waals surface area contributed by atoms with Crippen molar-refractivity contribution in [2.75, 3.05) is 13.2 Å². The molecule has 2 N–H and O–H groups in total. The fourth-order valence-electron chi connectivity index (χ4n) is 3.44. The smallest absolute Gasteiger partial charge is 0.437 e. The molecule has 4 rings (SSSR count). The van der Waals surface area contributed by atoms with Gasteiger partial charge in [-0.05, 0) is 50.2 Å². The molecular formula is C23H21FN4O8. The van der Waals surface area contributed by atoms with Gasteiger partial charge in [0.1, 0.15) is 36.5 Å². The van der Waals surface area contributed by atoms with Crippen LogP contribution in [0.25, 0.3) is 11.5 Å². The zero-order valence-corrected chi connectivity index (χ0v) is 19.2. The summed E-state index contributed by atoms with van der Waals surface area (Å²) in [5.41, 5.74) is 0.321. The molecule has 0 fully saturated rings. The molecule has 12 nitrogen and oxygen atoms in total. The second kappa shape index (κ2) is 10.3. The molecule has 0 bridgehead atoms. The summed E-state index contributed by atoms with van der Waals surface area (Å²) >= 11 is 0. The van der Waals surface area contributed by atoms with Gasteiger partial charge in [-0.15, -0.1) is 5.10 Å². The third kappa shape index (κ3) is 5.35. The molecule has 1 aromatic carbocycles. The molecule has 0 spiro atoms. The van der Waals surface area contributed by atoms with Crippen LogP contribution in [0.2, 0.25) is 0 Å². The van der Waals surface area contributed by atoms with Crippen LogP contribution in [0.4, 0.5) is 9.18 Å². The quantitative estimate of drug-likeness (QED) is 0.442. The highest BCUT2D eigenvalue weighted by Gasteiger charge is 2.36. The molecule has 1 aliphatic heterocycles. The van der Waals surface area contributed by atoms with E-state index in [1.54, 1.807) is 26.0 Å². The van der Waals surface area contributed by atoms with Crippen LogP contribution in [0, 0.1) is 12.7 Å². The van der Waals surface area contributed by atoms with Gasteiger partial charge in [0, 0.05) is 5.56 Å². The molecule has 0 radical (unpaired) electrons. The predicted octanol–water partition coefficient (Wildman–Crippen LogP) is 1.96. The van der Waals surface area contributed by atoms with Crippen molar-refractivity contribution in [3.63, 3.8) is 0 Å². The number of aromatic nitrogens is 2. The molecular weight excluding hydrogens is 479 g/mol. The van der Waals surface area contributed by atoms with Gasteiger partial charge in [0.25, 0.3) is 0 Å². The number of carbonyl (C=O) groups is 3. The number of amides is 2. The molecule has 2 amide bonds. The lowest BCUT2D eigenvalue weighted by atomic mass is 10.0. The molecule has 188 valence electrons. The SMILES string of the molecule is CCOC(=O)C1=C(COC(=O)Cn2nc(-c3ccc(F)cc3)oc2=O)NC(=O)N[C@H]1c1ccc(C)o1. The summed E-state index contributed by atoms with van der Waals surface area (Å²) in [5.74, 6) is -2.31. The Morgan fingerprint density at radius 2 is 1.86 bits per heavy atom. The van der Waals surface area contributed by atoms with Crippen LogP contribution in [0.15, 0.2) is 61.3 Å². The molecule has 1 atom stereocenters. The standard InChI is InChI=1S/C23H21FN4O8/c1-3-33-21(30)18-15(25-22(31)26-19(18)16-9-4-12(2)35-16)11-34-17(29)10-28-23(32)36-20(27-28)13-5-7-14(24)8-6-13/h4-9,19H,3,10-11H2,1-2H3,(H2,25,26,31)/t19-/m0/s1. The molecule has 13 heteroatoms. The Morgan fingerprint density at radius 3 is 2.53 bits per heavy atom. The Labute approximate surface area is 202 Å². The van der Waals surface area contributed by atoms with Crippen molar-refractivity contribution in [2.45, 2.75) is 26.4 Å². The monoisotopic (exact) mass is 500 g/mol. The summed E-state index contributed by atoms with van der Waals surface area (Å²) in [4.78, 5) is 49.5. The Kier molecular flexibility index (Phi) is 6.99. The van der Waals surface area contributed by atoms with Crippen molar-refractivity contribution in [2.24, 2.45) is 0 Å². The van der Waals surface area contributed by atoms with Gasteiger partial charge in [-0.3, -0.25) is 4.79 Å². The van der Waals surface area contributed by atoms with Crippen LogP contribution >= 0.6 is 0 Å². The van der Waals surface area contributed by atoms with Crippen LogP contribution in [-0.2, 0) is 25.6 Å². The van der Waals surface area contributed by atoms with E-state index in [-0.39, 0.29) is 29.5 Å². The number of urea groups is 1. The molecule has 0 saturated carbocycles. The summed E-state index contributed by atoms with van der Waals surface area (Å²) in [6, 6.07) is 6.71. The molecule has 1 aliphatic rings. The minimum Gasteiger partial charge on any atom is -0.464 e. The van der Waals surface area contributed by atoms with Gasteiger partial charge in [-0.2, -0.15) is 4.68 Å². The van der Waals surface area contributed by atoms with Gasteiger partial charge in [0.15, 0.2) is 0 Å². The lowest BCUT2D eigenvalue weighted by molar-refractivity contribution is -0.144. The lowest BCUT2D eigenvalue weighted by Crippen LogP contribution is -2.47. The molecule has 3 heterocycles. The summed E-state index contributed by atoms with van der Waals surface area (Å²) in [5, 5.41) is 8.95. The lowest BCUT2D eigenvalue weighted by Gasteiger charge is -2.27. The molecule has 36 heavy (non-hydrogen) atoms. The minimum absolute atomic E-state index is 0.00389. The maximum atomic E-state index is 13.1. The maximum absolute atomic E-state index is 13.1. The van der Waals surface area contributed by atoms with E-state index in [0.717, 1.165) is 4.68 Å². The number of nitrogens with zero attached hydrogens (tertiary/aromatic N) is 2. The number of furan rings is 1. The second-order valence-electron chi connectivity index (χ2n) is 7.59. The highest BCUT2D eigenvalue weighted by Crippen LogP contribution is 2.29. The number of hydrogen-bond acceptors (Lipinski definition) is 9. The highest BCUT2D eigenvalue weighted by atomic mass is 19.1. The van der Waals surface area contributed by atoms with Gasteiger partial charge in [-0.1, -0.05) is 0 Å². The number of nitrogens with one attached hydrogen (secondary N) is 2. The highest BCUT2D eigenvalue weighted by molar-refractivity contribution is 5.95. The Hall–Kier alpha value is -4.68. The van der Waals surface area contributed by atoms with E-state index in [1.165, 1.54) is 24.3 Å². The zero-order chi connectivity index (χ0) is 25.8. The summed E-state index contributed by atoms with van der Waals surface area (Å²) in [7, 11) is 0. The van der Waals surface area contributed by atoms with Crippen molar-refractivity contribution < 1.29 is 37.1 Å². The molecule has 0 aliphatic carbocycles. The van der Waals surface area contributed by atoms with Gasteiger partial charge in [-0.25, -0.2) is 18.8 Å². The summed E-state index contributed by atoms with van der Waals surface area (Å²) in [6.45, 7) is 2.27. The molecule has 0 saturated heterocycles. The number of rotatable bonds is 8. The van der Waals surface area contributed by atoms with Crippen LogP contribution in [0.1, 0.15) is 24.5 Å². The first-order chi connectivity index (χ1) is 17.2. The van der Waals surface area contributed by atoms with Crippen LogP contribution in [0.3, 0.4) is 0 Å². The largest absolute Gasteiger partial charge is 0.464 e. The van der Waals surface area contributed by atoms with E-state index >= 15 is 0 Å². The van der Waals surface area contributed by atoms with Crippen molar-refractivity contribution >= 4 is 18.0 Å². The molecule has 2 aromatic heterocycles. The van der Waals surface area contributed by atoms with E-state index in [9.17, 15) is 23.6 Å². The number of esters is 2. The van der Waals surface area contributed by atoms with E-state index in [4.69, 9.17) is 18.3 Å². The third-order valence-electron chi connectivity index (χ3n) is 5.05. The van der Waals surface area contributed by atoms with Crippen molar-refractivity contribution in [1.29, 1.82) is 0 Å². The van der Waals surface area contributed by atoms with Crippen LogP contribution in [-0.4, -0.2) is 41.0 Å². The Morgan fingerprint density at radius 1 is 1.11 bits per heavy atom. The van der Waals surface area contributed by atoms with E-state index in [1.807, 2.05) is 0 Å². The third-order valence-corrected chi connectivity index (χ3v) is 5.05. The number of benzene rings is 1. The van der Waals surface area contributed by atoms with Gasteiger partial charge < -0.3 is 28.9 Å². The Balaban J connectivity index is 1.52. The second-order valence-corrected chi connectivity index (χ2v) is 7.59. The average Bonchev–Trinajstić information content (AvgIpc) is 3.43. The van der Waals surface area contributed by atoms with Crippen molar-refractivity contribution in [3.8, 4) is 11.5 Å². The fraction of sp³-hybridized carbons (Fsp3) is 0.261. The zero-order valence-electron chi connectivity index (χ0n) is 19.2. The van der Waals surface area contributed by atoms with Gasteiger partial charge in [0.05, 0.1) is 17.9 Å². The number of hydrogen-bond donors (Lipinski definition) is 2. The van der Waals surface area contributed by atoms with Gasteiger partial charge in [0.2, 0.25) is 5.89 Å². The molecule has 0 unspecified atom stereocenters. The van der Waals surface area contributed by atoms with E-state index < -0.39 is 48.7 Å². The Bertz CT molecular complexity index is 1390.